The van der Waals surface area contributed by atoms with E-state index in [4.69, 9.17) is 9.47 Å². The molecule has 0 aromatic heterocycles. The molecule has 3 amide bonds. The number of carbonyl (C=O) groups is 3. The highest BCUT2D eigenvalue weighted by atomic mass is 16.5. The second kappa shape index (κ2) is 13.1. The van der Waals surface area contributed by atoms with Gasteiger partial charge in [-0.2, -0.15) is 0 Å². The molecule has 0 unspecified atom stereocenters. The molecule has 2 aliphatic rings. The Hall–Kier alpha value is -4.63. The minimum atomic E-state index is -0.723. The summed E-state index contributed by atoms with van der Waals surface area (Å²) in [5.74, 6) is 0.795. The Bertz CT molecular complexity index is 1500. The maximum absolute atomic E-state index is 13.5. The van der Waals surface area contributed by atoms with E-state index in [2.05, 4.69) is 10.2 Å². The number of rotatable bonds is 8. The number of esters is 1. The predicted octanol–water partition coefficient (Wildman–Crippen LogP) is 5.15. The first kappa shape index (κ1) is 29.8. The number of nitrogens with one attached hydrogen (secondary N) is 1. The largest absolute Gasteiger partial charge is 0.463 e. The van der Waals surface area contributed by atoms with E-state index in [1.807, 2.05) is 97.6 Å². The third-order valence-corrected chi connectivity index (χ3v) is 7.89. The van der Waals surface area contributed by atoms with Crippen LogP contribution < -0.4 is 10.1 Å². The van der Waals surface area contributed by atoms with Gasteiger partial charge >= 0.3 is 12.0 Å². The average Bonchev–Trinajstić information content (AvgIpc) is 3.00. The minimum Gasteiger partial charge on any atom is -0.463 e. The van der Waals surface area contributed by atoms with E-state index >= 15 is 0 Å². The summed E-state index contributed by atoms with van der Waals surface area (Å²) in [4.78, 5) is 45.5. The van der Waals surface area contributed by atoms with Gasteiger partial charge in [0.05, 0.1) is 18.2 Å². The lowest BCUT2D eigenvalue weighted by Gasteiger charge is -2.42. The fraction of sp³-hybridized carbons (Fsp3) is 0.324. The molecule has 9 heteroatoms. The Kier molecular flexibility index (Phi) is 9.11. The molecule has 9 nitrogen and oxygen atoms in total. The van der Waals surface area contributed by atoms with Gasteiger partial charge in [0, 0.05) is 50.5 Å². The van der Waals surface area contributed by atoms with Crippen LogP contribution >= 0.6 is 0 Å². The average molecular weight is 583 g/mol. The Balaban J connectivity index is 1.41. The summed E-state index contributed by atoms with van der Waals surface area (Å²) in [6.07, 6.45) is 0. The standard InChI is InChI=1S/C34H38N4O5/c1-5-42-33(40)30-29(22-37-18-19-38(24(3)21-37)32(39)25-16-14-23(2)15-17-25)36(4)34(41)35-31(30)26-10-9-13-28(20-26)43-27-11-7-6-8-12-27/h6-17,20,24,31H,5,18-19,21-22H2,1-4H3,(H,35,41)/t24-,31-/m1/s1. The first-order chi connectivity index (χ1) is 20.7. The zero-order valence-electron chi connectivity index (χ0n) is 25.1. The van der Waals surface area contributed by atoms with E-state index in [1.165, 1.54) is 4.90 Å². The summed E-state index contributed by atoms with van der Waals surface area (Å²) in [6, 6.07) is 23.3. The summed E-state index contributed by atoms with van der Waals surface area (Å²) < 4.78 is 11.5. The monoisotopic (exact) mass is 582 g/mol. The number of aryl methyl sites for hydroxylation is 1. The molecule has 0 saturated carbocycles. The van der Waals surface area contributed by atoms with Crippen molar-refractivity contribution in [3.05, 3.63) is 107 Å². The first-order valence-corrected chi connectivity index (χ1v) is 14.6. The maximum atomic E-state index is 13.5. The van der Waals surface area contributed by atoms with Crippen molar-refractivity contribution in [3.8, 4) is 11.5 Å². The van der Waals surface area contributed by atoms with Crippen LogP contribution in [0.1, 0.15) is 41.4 Å². The molecule has 0 spiro atoms. The van der Waals surface area contributed by atoms with Gasteiger partial charge in [-0.25, -0.2) is 9.59 Å². The molecular weight excluding hydrogens is 544 g/mol. The van der Waals surface area contributed by atoms with E-state index in [1.54, 1.807) is 14.0 Å². The van der Waals surface area contributed by atoms with Crippen molar-refractivity contribution in [1.29, 1.82) is 0 Å². The van der Waals surface area contributed by atoms with Gasteiger partial charge in [0.25, 0.3) is 5.91 Å². The molecule has 1 N–H and O–H groups in total. The molecule has 0 bridgehead atoms. The second-order valence-electron chi connectivity index (χ2n) is 11.0. The fourth-order valence-electron chi connectivity index (χ4n) is 5.58. The molecule has 2 heterocycles. The topological polar surface area (TPSA) is 91.4 Å². The van der Waals surface area contributed by atoms with Gasteiger partial charge in [0.15, 0.2) is 0 Å². The number of hydrogen-bond acceptors (Lipinski definition) is 6. The minimum absolute atomic E-state index is 0.00501. The van der Waals surface area contributed by atoms with Gasteiger partial charge in [-0.1, -0.05) is 48.0 Å². The number of likely N-dealkylation sites (N-methyl/N-ethyl adjacent to an activating group) is 1. The SMILES string of the molecule is CCOC(=O)C1=C(CN2CCN(C(=O)c3ccc(C)cc3)[C@H](C)C2)N(C)C(=O)N[C@@H]1c1cccc(Oc2ccccc2)c1. The van der Waals surface area contributed by atoms with E-state index in [0.29, 0.717) is 60.1 Å². The van der Waals surface area contributed by atoms with Gasteiger partial charge < -0.3 is 19.7 Å². The number of hydrogen-bond donors (Lipinski definition) is 1. The number of urea groups is 1. The van der Waals surface area contributed by atoms with Gasteiger partial charge in [0.1, 0.15) is 11.5 Å². The number of benzene rings is 3. The summed E-state index contributed by atoms with van der Waals surface area (Å²) in [5, 5.41) is 2.98. The van der Waals surface area contributed by atoms with E-state index in [9.17, 15) is 14.4 Å². The Morgan fingerprint density at radius 1 is 0.953 bits per heavy atom. The summed E-state index contributed by atoms with van der Waals surface area (Å²) in [5.41, 5.74) is 3.44. The highest BCUT2D eigenvalue weighted by Gasteiger charge is 2.38. The number of piperazine rings is 1. The summed E-state index contributed by atoms with van der Waals surface area (Å²) in [6.45, 7) is 8.07. The smallest absolute Gasteiger partial charge is 0.338 e. The van der Waals surface area contributed by atoms with Crippen molar-refractivity contribution in [2.45, 2.75) is 32.9 Å². The lowest BCUT2D eigenvalue weighted by atomic mass is 9.94. The van der Waals surface area contributed by atoms with Crippen LogP contribution in [-0.4, -0.2) is 78.5 Å². The van der Waals surface area contributed by atoms with Gasteiger partial charge in [-0.05, 0) is 62.7 Å². The Morgan fingerprint density at radius 2 is 1.67 bits per heavy atom. The highest BCUT2D eigenvalue weighted by molar-refractivity contribution is 5.95. The van der Waals surface area contributed by atoms with Crippen molar-refractivity contribution in [3.63, 3.8) is 0 Å². The second-order valence-corrected chi connectivity index (χ2v) is 11.0. The predicted molar refractivity (Wildman–Crippen MR) is 164 cm³/mol. The number of ether oxygens (including phenoxy) is 2. The van der Waals surface area contributed by atoms with Crippen molar-refractivity contribution >= 4 is 17.9 Å². The normalized spacial score (nSPS) is 19.2. The molecule has 1 saturated heterocycles. The third kappa shape index (κ3) is 6.73. The van der Waals surface area contributed by atoms with Crippen LogP contribution in [-0.2, 0) is 9.53 Å². The quantitative estimate of drug-likeness (QED) is 0.370. The molecule has 224 valence electrons. The van der Waals surface area contributed by atoms with Crippen LogP contribution in [0.15, 0.2) is 90.1 Å². The molecule has 1 fully saturated rings. The molecule has 0 aliphatic carbocycles. The van der Waals surface area contributed by atoms with Crippen LogP contribution in [0.2, 0.25) is 0 Å². The van der Waals surface area contributed by atoms with Gasteiger partial charge in [-0.15, -0.1) is 0 Å². The van der Waals surface area contributed by atoms with E-state index < -0.39 is 12.0 Å². The molecule has 0 radical (unpaired) electrons. The number of amides is 3. The Morgan fingerprint density at radius 3 is 2.37 bits per heavy atom. The van der Waals surface area contributed by atoms with Crippen LogP contribution in [0, 0.1) is 6.92 Å². The number of para-hydroxylation sites is 1. The van der Waals surface area contributed by atoms with Crippen LogP contribution in [0.25, 0.3) is 0 Å². The number of carbonyl (C=O) groups excluding carboxylic acids is 3. The summed E-state index contributed by atoms with van der Waals surface area (Å²) >= 11 is 0. The first-order valence-electron chi connectivity index (χ1n) is 14.6. The highest BCUT2D eigenvalue weighted by Crippen LogP contribution is 2.34. The fourth-order valence-corrected chi connectivity index (χ4v) is 5.58. The van der Waals surface area contributed by atoms with Crippen LogP contribution in [0.5, 0.6) is 11.5 Å². The maximum Gasteiger partial charge on any atom is 0.338 e. The van der Waals surface area contributed by atoms with Crippen molar-refractivity contribution < 1.29 is 23.9 Å². The zero-order valence-corrected chi connectivity index (χ0v) is 25.1. The van der Waals surface area contributed by atoms with Crippen LogP contribution in [0.4, 0.5) is 4.79 Å². The van der Waals surface area contributed by atoms with E-state index in [0.717, 1.165) is 5.56 Å². The zero-order chi connectivity index (χ0) is 30.5. The molecule has 5 rings (SSSR count). The lowest BCUT2D eigenvalue weighted by molar-refractivity contribution is -0.139. The van der Waals surface area contributed by atoms with Gasteiger partial charge in [0.2, 0.25) is 0 Å². The summed E-state index contributed by atoms with van der Waals surface area (Å²) in [7, 11) is 1.66. The molecule has 43 heavy (non-hydrogen) atoms. The third-order valence-electron chi connectivity index (χ3n) is 7.89. The number of nitrogens with zero attached hydrogens (tertiary/aromatic N) is 3. The van der Waals surface area contributed by atoms with Crippen molar-refractivity contribution in [2.75, 3.05) is 39.8 Å². The molecule has 3 aromatic rings. The van der Waals surface area contributed by atoms with Crippen LogP contribution in [0.3, 0.4) is 0 Å². The molecule has 2 atom stereocenters. The molecular formula is C34H38N4O5. The van der Waals surface area contributed by atoms with Gasteiger partial charge in [-0.3, -0.25) is 14.6 Å². The van der Waals surface area contributed by atoms with E-state index in [-0.39, 0.29) is 24.6 Å². The molecule has 2 aliphatic heterocycles. The van der Waals surface area contributed by atoms with Crippen molar-refractivity contribution in [1.82, 2.24) is 20.0 Å². The van der Waals surface area contributed by atoms with Crippen molar-refractivity contribution in [2.24, 2.45) is 0 Å². The lowest BCUT2D eigenvalue weighted by Crippen LogP contribution is -2.56. The Labute approximate surface area is 252 Å². The molecule has 3 aromatic carbocycles.